The number of anilines is 1. The fraction of sp³-hybridized carbons (Fsp3) is 0.200. The van der Waals surface area contributed by atoms with E-state index in [2.05, 4.69) is 5.32 Å². The second-order valence-electron chi connectivity index (χ2n) is 4.05. The van der Waals surface area contributed by atoms with E-state index in [4.69, 9.17) is 21.1 Å². The standard InChI is InChI=1S/C15H16ClNO2/c1-18-13-5-3-4-11(8-13)10-17-12-6-7-15(19-2)14(16)9-12/h3-9,17H,10H2,1-2H3. The molecule has 4 heteroatoms. The molecule has 100 valence electrons. The first-order valence-corrected chi connectivity index (χ1v) is 6.31. The fourth-order valence-corrected chi connectivity index (χ4v) is 2.02. The number of methoxy groups -OCH3 is 2. The Morgan fingerprint density at radius 3 is 2.58 bits per heavy atom. The van der Waals surface area contributed by atoms with E-state index in [-0.39, 0.29) is 0 Å². The van der Waals surface area contributed by atoms with E-state index >= 15 is 0 Å². The smallest absolute Gasteiger partial charge is 0.137 e. The number of halogens is 1. The molecule has 2 aromatic rings. The van der Waals surface area contributed by atoms with Crippen molar-refractivity contribution in [1.29, 1.82) is 0 Å². The summed E-state index contributed by atoms with van der Waals surface area (Å²) in [7, 11) is 3.26. The Balaban J connectivity index is 2.03. The third kappa shape index (κ3) is 3.55. The molecule has 0 fully saturated rings. The predicted octanol–water partition coefficient (Wildman–Crippen LogP) is 3.97. The van der Waals surface area contributed by atoms with Crippen LogP contribution in [-0.4, -0.2) is 14.2 Å². The van der Waals surface area contributed by atoms with Gasteiger partial charge in [0.15, 0.2) is 0 Å². The molecular weight excluding hydrogens is 262 g/mol. The monoisotopic (exact) mass is 277 g/mol. The lowest BCUT2D eigenvalue weighted by atomic mass is 10.2. The summed E-state index contributed by atoms with van der Waals surface area (Å²) in [4.78, 5) is 0. The first-order valence-electron chi connectivity index (χ1n) is 5.93. The van der Waals surface area contributed by atoms with Crippen molar-refractivity contribution in [3.8, 4) is 11.5 Å². The van der Waals surface area contributed by atoms with Crippen molar-refractivity contribution in [2.75, 3.05) is 19.5 Å². The lowest BCUT2D eigenvalue weighted by Crippen LogP contribution is -1.99. The van der Waals surface area contributed by atoms with Crippen LogP contribution >= 0.6 is 11.6 Å². The van der Waals surface area contributed by atoms with Gasteiger partial charge in [0, 0.05) is 12.2 Å². The quantitative estimate of drug-likeness (QED) is 0.897. The molecule has 0 amide bonds. The molecule has 0 aliphatic heterocycles. The molecule has 1 N–H and O–H groups in total. The maximum Gasteiger partial charge on any atom is 0.137 e. The van der Waals surface area contributed by atoms with E-state index in [1.165, 1.54) is 0 Å². The Bertz CT molecular complexity index is 558. The number of benzene rings is 2. The SMILES string of the molecule is COc1cccc(CNc2ccc(OC)c(Cl)c2)c1. The van der Waals surface area contributed by atoms with Gasteiger partial charge in [0.25, 0.3) is 0 Å². The van der Waals surface area contributed by atoms with Crippen LogP contribution in [-0.2, 0) is 6.54 Å². The van der Waals surface area contributed by atoms with Crippen LogP contribution in [0.1, 0.15) is 5.56 Å². The molecular formula is C15H16ClNO2. The summed E-state index contributed by atoms with van der Waals surface area (Å²) in [5, 5.41) is 3.90. The van der Waals surface area contributed by atoms with Gasteiger partial charge in [-0.05, 0) is 35.9 Å². The minimum Gasteiger partial charge on any atom is -0.497 e. The molecule has 2 aromatic carbocycles. The van der Waals surface area contributed by atoms with Crippen LogP contribution in [0.5, 0.6) is 11.5 Å². The van der Waals surface area contributed by atoms with Gasteiger partial charge in [0.1, 0.15) is 11.5 Å². The Morgan fingerprint density at radius 1 is 1.05 bits per heavy atom. The number of rotatable bonds is 5. The maximum absolute atomic E-state index is 6.07. The molecule has 0 saturated carbocycles. The fourth-order valence-electron chi connectivity index (χ4n) is 1.76. The normalized spacial score (nSPS) is 10.1. The van der Waals surface area contributed by atoms with Crippen molar-refractivity contribution in [1.82, 2.24) is 0 Å². The van der Waals surface area contributed by atoms with Crippen LogP contribution in [0.15, 0.2) is 42.5 Å². The van der Waals surface area contributed by atoms with Gasteiger partial charge in [0.05, 0.1) is 19.2 Å². The van der Waals surface area contributed by atoms with Gasteiger partial charge in [0.2, 0.25) is 0 Å². The summed E-state index contributed by atoms with van der Waals surface area (Å²) in [6.45, 7) is 0.708. The second-order valence-corrected chi connectivity index (χ2v) is 4.46. The average molecular weight is 278 g/mol. The van der Waals surface area contributed by atoms with Crippen LogP contribution in [0, 0.1) is 0 Å². The van der Waals surface area contributed by atoms with E-state index in [0.29, 0.717) is 17.3 Å². The maximum atomic E-state index is 6.07. The summed E-state index contributed by atoms with van der Waals surface area (Å²) in [5.74, 6) is 1.53. The van der Waals surface area contributed by atoms with Crippen LogP contribution < -0.4 is 14.8 Å². The lowest BCUT2D eigenvalue weighted by molar-refractivity contribution is 0.414. The molecule has 3 nitrogen and oxygen atoms in total. The highest BCUT2D eigenvalue weighted by Gasteiger charge is 2.02. The average Bonchev–Trinajstić information content (AvgIpc) is 2.45. The van der Waals surface area contributed by atoms with Crippen molar-refractivity contribution in [2.24, 2.45) is 0 Å². The first-order chi connectivity index (χ1) is 9.22. The van der Waals surface area contributed by atoms with Gasteiger partial charge < -0.3 is 14.8 Å². The molecule has 0 aliphatic carbocycles. The molecule has 0 atom stereocenters. The lowest BCUT2D eigenvalue weighted by Gasteiger charge is -2.10. The minimum atomic E-state index is 0.596. The number of hydrogen-bond acceptors (Lipinski definition) is 3. The Kier molecular flexibility index (Phi) is 4.53. The van der Waals surface area contributed by atoms with Crippen LogP contribution in [0.3, 0.4) is 0 Å². The van der Waals surface area contributed by atoms with Crippen molar-refractivity contribution in [2.45, 2.75) is 6.54 Å². The summed E-state index contributed by atoms with van der Waals surface area (Å²) in [6, 6.07) is 13.6. The first kappa shape index (κ1) is 13.6. The number of ether oxygens (including phenoxy) is 2. The van der Waals surface area contributed by atoms with E-state index in [1.54, 1.807) is 14.2 Å². The van der Waals surface area contributed by atoms with E-state index in [0.717, 1.165) is 17.0 Å². The van der Waals surface area contributed by atoms with E-state index < -0.39 is 0 Å². The van der Waals surface area contributed by atoms with Gasteiger partial charge in [-0.2, -0.15) is 0 Å². The topological polar surface area (TPSA) is 30.5 Å². The highest BCUT2D eigenvalue weighted by Crippen LogP contribution is 2.27. The summed E-state index contributed by atoms with van der Waals surface area (Å²) in [6.07, 6.45) is 0. The Hall–Kier alpha value is -1.87. The van der Waals surface area contributed by atoms with Crippen LogP contribution in [0.2, 0.25) is 5.02 Å². The van der Waals surface area contributed by atoms with Gasteiger partial charge >= 0.3 is 0 Å². The van der Waals surface area contributed by atoms with Crippen LogP contribution in [0.4, 0.5) is 5.69 Å². The molecule has 0 aromatic heterocycles. The van der Waals surface area contributed by atoms with Gasteiger partial charge in [-0.15, -0.1) is 0 Å². The van der Waals surface area contributed by atoms with Crippen molar-refractivity contribution in [3.05, 3.63) is 53.1 Å². The van der Waals surface area contributed by atoms with Gasteiger partial charge in [-0.3, -0.25) is 0 Å². The van der Waals surface area contributed by atoms with Crippen molar-refractivity contribution in [3.63, 3.8) is 0 Å². The van der Waals surface area contributed by atoms with E-state index in [1.807, 2.05) is 42.5 Å². The second kappa shape index (κ2) is 6.34. The Labute approximate surface area is 118 Å². The third-order valence-corrected chi connectivity index (χ3v) is 3.08. The molecule has 2 rings (SSSR count). The van der Waals surface area contributed by atoms with Crippen molar-refractivity contribution < 1.29 is 9.47 Å². The zero-order chi connectivity index (χ0) is 13.7. The molecule has 0 saturated heterocycles. The van der Waals surface area contributed by atoms with Gasteiger partial charge in [-0.1, -0.05) is 23.7 Å². The van der Waals surface area contributed by atoms with Crippen LogP contribution in [0.25, 0.3) is 0 Å². The molecule has 0 heterocycles. The minimum absolute atomic E-state index is 0.596. The molecule has 0 bridgehead atoms. The zero-order valence-corrected chi connectivity index (χ0v) is 11.7. The number of nitrogens with one attached hydrogen (secondary N) is 1. The molecule has 0 spiro atoms. The Morgan fingerprint density at radius 2 is 1.89 bits per heavy atom. The molecule has 19 heavy (non-hydrogen) atoms. The molecule has 0 radical (unpaired) electrons. The predicted molar refractivity (Wildman–Crippen MR) is 78.3 cm³/mol. The van der Waals surface area contributed by atoms with E-state index in [9.17, 15) is 0 Å². The summed E-state index contributed by atoms with van der Waals surface area (Å²) >= 11 is 6.07. The highest BCUT2D eigenvalue weighted by molar-refractivity contribution is 6.32. The highest BCUT2D eigenvalue weighted by atomic mass is 35.5. The zero-order valence-electron chi connectivity index (χ0n) is 10.9. The molecule has 0 aliphatic rings. The third-order valence-electron chi connectivity index (χ3n) is 2.78. The summed E-state index contributed by atoms with van der Waals surface area (Å²) in [5.41, 5.74) is 2.10. The largest absolute Gasteiger partial charge is 0.497 e. The number of hydrogen-bond donors (Lipinski definition) is 1. The summed E-state index contributed by atoms with van der Waals surface area (Å²) < 4.78 is 10.3. The molecule has 0 unspecified atom stereocenters. The van der Waals surface area contributed by atoms with Crippen molar-refractivity contribution >= 4 is 17.3 Å². The van der Waals surface area contributed by atoms with Gasteiger partial charge in [-0.25, -0.2) is 0 Å².